The molecule has 0 bridgehead atoms. The number of aromatic nitrogens is 3. The molecule has 0 fully saturated rings. The molecule has 0 aliphatic heterocycles. The monoisotopic (exact) mass is 228 g/mol. The van der Waals surface area contributed by atoms with Gasteiger partial charge in [-0.3, -0.25) is 5.10 Å². The van der Waals surface area contributed by atoms with Gasteiger partial charge in [0.25, 0.3) is 0 Å². The number of benzene rings is 1. The molecular weight excluding hydrogens is 223 g/mol. The maximum absolute atomic E-state index is 5.83. The van der Waals surface area contributed by atoms with Gasteiger partial charge in [0, 0.05) is 15.6 Å². The Hall–Kier alpha value is -1.26. The SMILES string of the molecule is Nc1n[nH]c(-c2cc(Cl)cc(Cl)c2)n1. The minimum Gasteiger partial charge on any atom is -0.366 e. The number of hydrogen-bond donors (Lipinski definition) is 2. The Morgan fingerprint density at radius 2 is 1.79 bits per heavy atom. The second kappa shape index (κ2) is 3.48. The highest BCUT2D eigenvalue weighted by molar-refractivity contribution is 6.35. The van der Waals surface area contributed by atoms with Crippen LogP contribution in [0.3, 0.4) is 0 Å². The molecule has 0 spiro atoms. The molecule has 1 aromatic heterocycles. The fraction of sp³-hybridized carbons (Fsp3) is 0. The average Bonchev–Trinajstić information content (AvgIpc) is 2.50. The molecule has 0 radical (unpaired) electrons. The third-order valence-corrected chi connectivity index (χ3v) is 2.08. The van der Waals surface area contributed by atoms with E-state index in [0.717, 1.165) is 5.56 Å². The first-order valence-corrected chi connectivity index (χ1v) is 4.55. The quantitative estimate of drug-likeness (QED) is 0.788. The maximum Gasteiger partial charge on any atom is 0.239 e. The zero-order valence-corrected chi connectivity index (χ0v) is 8.47. The van der Waals surface area contributed by atoms with Crippen LogP contribution in [-0.2, 0) is 0 Å². The molecule has 0 saturated carbocycles. The minimum absolute atomic E-state index is 0.191. The summed E-state index contributed by atoms with van der Waals surface area (Å²) in [5, 5.41) is 7.47. The summed E-state index contributed by atoms with van der Waals surface area (Å²) in [6.45, 7) is 0. The second-order valence-electron chi connectivity index (χ2n) is 2.70. The summed E-state index contributed by atoms with van der Waals surface area (Å²) in [4.78, 5) is 3.96. The van der Waals surface area contributed by atoms with E-state index in [9.17, 15) is 0 Å². The van der Waals surface area contributed by atoms with Crippen LogP contribution in [0.2, 0.25) is 10.0 Å². The van der Waals surface area contributed by atoms with E-state index in [2.05, 4.69) is 15.2 Å². The van der Waals surface area contributed by atoms with Gasteiger partial charge < -0.3 is 5.73 Å². The normalized spacial score (nSPS) is 10.4. The second-order valence-corrected chi connectivity index (χ2v) is 3.57. The molecule has 14 heavy (non-hydrogen) atoms. The lowest BCUT2D eigenvalue weighted by Crippen LogP contribution is -1.85. The van der Waals surface area contributed by atoms with Gasteiger partial charge in [0.15, 0.2) is 5.82 Å². The Kier molecular flexibility index (Phi) is 2.31. The average molecular weight is 229 g/mol. The highest BCUT2D eigenvalue weighted by Crippen LogP contribution is 2.24. The van der Waals surface area contributed by atoms with Crippen molar-refractivity contribution in [1.29, 1.82) is 0 Å². The molecule has 4 nitrogen and oxygen atoms in total. The van der Waals surface area contributed by atoms with E-state index in [-0.39, 0.29) is 5.95 Å². The van der Waals surface area contributed by atoms with Gasteiger partial charge in [0.2, 0.25) is 5.95 Å². The summed E-state index contributed by atoms with van der Waals surface area (Å²) in [5.74, 6) is 0.739. The number of aromatic amines is 1. The zero-order chi connectivity index (χ0) is 10.1. The summed E-state index contributed by atoms with van der Waals surface area (Å²) in [6, 6.07) is 5.10. The van der Waals surface area contributed by atoms with Gasteiger partial charge in [0.05, 0.1) is 0 Å². The predicted octanol–water partition coefficient (Wildman–Crippen LogP) is 2.36. The van der Waals surface area contributed by atoms with Crippen LogP contribution in [0.15, 0.2) is 18.2 Å². The number of H-pyrrole nitrogens is 1. The van der Waals surface area contributed by atoms with Crippen LogP contribution in [0.25, 0.3) is 11.4 Å². The number of rotatable bonds is 1. The van der Waals surface area contributed by atoms with E-state index in [0.29, 0.717) is 15.9 Å². The third kappa shape index (κ3) is 1.81. The molecular formula is C8H6Cl2N4. The molecule has 6 heteroatoms. The van der Waals surface area contributed by atoms with Crippen molar-refractivity contribution < 1.29 is 0 Å². The first-order valence-electron chi connectivity index (χ1n) is 3.79. The van der Waals surface area contributed by atoms with Crippen molar-refractivity contribution in [2.75, 3.05) is 5.73 Å². The van der Waals surface area contributed by atoms with Crippen molar-refractivity contribution in [1.82, 2.24) is 15.2 Å². The standard InChI is InChI=1S/C8H6Cl2N4/c9-5-1-4(2-6(10)3-5)7-12-8(11)14-13-7/h1-3H,(H3,11,12,13,14). The van der Waals surface area contributed by atoms with Crippen molar-refractivity contribution >= 4 is 29.2 Å². The van der Waals surface area contributed by atoms with E-state index in [1.54, 1.807) is 18.2 Å². The lowest BCUT2D eigenvalue weighted by atomic mass is 10.2. The molecule has 1 heterocycles. The Morgan fingerprint density at radius 3 is 2.29 bits per heavy atom. The molecule has 0 amide bonds. The van der Waals surface area contributed by atoms with Gasteiger partial charge in [-0.05, 0) is 18.2 Å². The summed E-state index contributed by atoms with van der Waals surface area (Å²) in [6.07, 6.45) is 0. The van der Waals surface area contributed by atoms with Crippen LogP contribution >= 0.6 is 23.2 Å². The van der Waals surface area contributed by atoms with Crippen LogP contribution in [-0.4, -0.2) is 15.2 Å². The van der Waals surface area contributed by atoms with Gasteiger partial charge >= 0.3 is 0 Å². The number of halogens is 2. The lowest BCUT2D eigenvalue weighted by Gasteiger charge is -1.98. The van der Waals surface area contributed by atoms with Gasteiger partial charge in [-0.25, -0.2) is 0 Å². The molecule has 2 aromatic rings. The molecule has 3 N–H and O–H groups in total. The molecule has 72 valence electrons. The van der Waals surface area contributed by atoms with E-state index in [1.807, 2.05) is 0 Å². The zero-order valence-electron chi connectivity index (χ0n) is 6.96. The summed E-state index contributed by atoms with van der Waals surface area (Å²) >= 11 is 11.7. The van der Waals surface area contributed by atoms with E-state index in [4.69, 9.17) is 28.9 Å². The summed E-state index contributed by atoms with van der Waals surface area (Å²) in [5.41, 5.74) is 6.13. The summed E-state index contributed by atoms with van der Waals surface area (Å²) < 4.78 is 0. The van der Waals surface area contributed by atoms with Crippen molar-refractivity contribution in [2.45, 2.75) is 0 Å². The molecule has 0 atom stereocenters. The van der Waals surface area contributed by atoms with Crippen molar-refractivity contribution in [3.8, 4) is 11.4 Å². The largest absolute Gasteiger partial charge is 0.366 e. The maximum atomic E-state index is 5.83. The first-order chi connectivity index (χ1) is 6.65. The predicted molar refractivity (Wildman–Crippen MR) is 56.3 cm³/mol. The number of nitrogens with one attached hydrogen (secondary N) is 1. The Morgan fingerprint density at radius 1 is 1.14 bits per heavy atom. The molecule has 2 rings (SSSR count). The van der Waals surface area contributed by atoms with E-state index in [1.165, 1.54) is 0 Å². The van der Waals surface area contributed by atoms with Gasteiger partial charge in [-0.15, -0.1) is 5.10 Å². The van der Waals surface area contributed by atoms with Gasteiger partial charge in [0.1, 0.15) is 0 Å². The Bertz CT molecular complexity index is 446. The van der Waals surface area contributed by atoms with E-state index < -0.39 is 0 Å². The van der Waals surface area contributed by atoms with Crippen LogP contribution in [0, 0.1) is 0 Å². The number of anilines is 1. The number of nitrogen functional groups attached to an aromatic ring is 1. The van der Waals surface area contributed by atoms with Crippen molar-refractivity contribution in [3.05, 3.63) is 28.2 Å². The Labute approximate surface area is 90.1 Å². The van der Waals surface area contributed by atoms with E-state index >= 15 is 0 Å². The van der Waals surface area contributed by atoms with Crippen molar-refractivity contribution in [3.63, 3.8) is 0 Å². The highest BCUT2D eigenvalue weighted by atomic mass is 35.5. The number of hydrogen-bond acceptors (Lipinski definition) is 3. The minimum atomic E-state index is 0.191. The number of nitrogens with two attached hydrogens (primary N) is 1. The smallest absolute Gasteiger partial charge is 0.239 e. The van der Waals surface area contributed by atoms with Crippen LogP contribution < -0.4 is 5.73 Å². The fourth-order valence-corrected chi connectivity index (χ4v) is 1.62. The first kappa shape index (κ1) is 9.30. The van der Waals surface area contributed by atoms with Crippen LogP contribution in [0.1, 0.15) is 0 Å². The van der Waals surface area contributed by atoms with Gasteiger partial charge in [-0.1, -0.05) is 23.2 Å². The van der Waals surface area contributed by atoms with Crippen LogP contribution in [0.4, 0.5) is 5.95 Å². The molecule has 0 saturated heterocycles. The van der Waals surface area contributed by atoms with Crippen molar-refractivity contribution in [2.24, 2.45) is 0 Å². The third-order valence-electron chi connectivity index (χ3n) is 1.64. The van der Waals surface area contributed by atoms with Gasteiger partial charge in [-0.2, -0.15) is 4.98 Å². The highest BCUT2D eigenvalue weighted by Gasteiger charge is 2.05. The fourth-order valence-electron chi connectivity index (χ4n) is 1.09. The Balaban J connectivity index is 2.51. The van der Waals surface area contributed by atoms with Crippen LogP contribution in [0.5, 0.6) is 0 Å². The topological polar surface area (TPSA) is 67.6 Å². The summed E-state index contributed by atoms with van der Waals surface area (Å²) in [7, 11) is 0. The lowest BCUT2D eigenvalue weighted by molar-refractivity contribution is 1.10. The number of nitrogens with zero attached hydrogens (tertiary/aromatic N) is 2. The molecule has 1 aromatic carbocycles. The molecule has 0 aliphatic rings. The molecule has 0 aliphatic carbocycles. The molecule has 0 unspecified atom stereocenters.